The van der Waals surface area contributed by atoms with Gasteiger partial charge in [-0.25, -0.2) is 4.39 Å². The smallest absolute Gasteiger partial charge is 0.269 e. The molecule has 1 heterocycles. The Hall–Kier alpha value is -2.80. The van der Waals surface area contributed by atoms with Gasteiger partial charge in [-0.2, -0.15) is 0 Å². The molecule has 0 bridgehead atoms. The minimum Gasteiger partial charge on any atom is -0.352 e. The van der Waals surface area contributed by atoms with Crippen molar-refractivity contribution in [3.8, 4) is 0 Å². The Balaban J connectivity index is 1.89. The number of hydrogen-bond acceptors (Lipinski definition) is 4. The zero-order valence-electron chi connectivity index (χ0n) is 15.0. The van der Waals surface area contributed by atoms with Gasteiger partial charge >= 0.3 is 0 Å². The van der Waals surface area contributed by atoms with Crippen LogP contribution in [0.4, 0.5) is 4.39 Å². The highest BCUT2D eigenvalue weighted by Crippen LogP contribution is 2.07. The first-order valence-electron chi connectivity index (χ1n) is 8.38. The predicted molar refractivity (Wildman–Crippen MR) is 97.6 cm³/mol. The van der Waals surface area contributed by atoms with Crippen molar-refractivity contribution in [2.24, 2.45) is 0 Å². The lowest BCUT2D eigenvalue weighted by atomic mass is 10.1. The fraction of sp³-hybridized carbons (Fsp3) is 0.316. The molecule has 2 rings (SSSR count). The lowest BCUT2D eigenvalue weighted by Crippen LogP contribution is -2.32. The Labute approximate surface area is 152 Å². The summed E-state index contributed by atoms with van der Waals surface area (Å²) >= 11 is 0. The molecule has 2 amide bonds. The minimum atomic E-state index is -0.328. The number of carbonyl (C=O) groups excluding carboxylic acids is 2. The summed E-state index contributed by atoms with van der Waals surface area (Å²) in [5.41, 5.74) is 1.07. The van der Waals surface area contributed by atoms with Crippen LogP contribution in [0.1, 0.15) is 26.4 Å². The number of aromatic nitrogens is 1. The van der Waals surface area contributed by atoms with Crippen LogP contribution in [0, 0.1) is 5.82 Å². The average molecular weight is 358 g/mol. The maximum Gasteiger partial charge on any atom is 0.269 e. The van der Waals surface area contributed by atoms with E-state index < -0.39 is 0 Å². The minimum absolute atomic E-state index is 0.186. The van der Waals surface area contributed by atoms with Crippen LogP contribution in [0.5, 0.6) is 0 Å². The summed E-state index contributed by atoms with van der Waals surface area (Å²) in [7, 11) is 3.83. The number of nitrogens with zero attached hydrogens (tertiary/aromatic N) is 2. The van der Waals surface area contributed by atoms with Crippen LogP contribution in [-0.2, 0) is 6.42 Å². The van der Waals surface area contributed by atoms with E-state index in [1.165, 1.54) is 24.4 Å². The number of hydrogen-bond donors (Lipinski definition) is 2. The predicted octanol–water partition coefficient (Wildman–Crippen LogP) is 1.48. The molecular weight excluding hydrogens is 335 g/mol. The summed E-state index contributed by atoms with van der Waals surface area (Å²) in [5.74, 6) is -0.943. The molecule has 0 atom stereocenters. The fourth-order valence-electron chi connectivity index (χ4n) is 2.29. The standard InChI is InChI=1S/C19H23FN4O2/c1-24(2)12-11-23-19(26)17-13-15(8-9-21-17)18(25)22-10-7-14-5-3-4-6-16(14)20/h3-6,8-9,13H,7,10-12H2,1-2H3,(H,22,25)(H,23,26). The summed E-state index contributed by atoms with van der Waals surface area (Å²) in [4.78, 5) is 30.3. The van der Waals surface area contributed by atoms with Gasteiger partial charge in [-0.05, 0) is 44.3 Å². The van der Waals surface area contributed by atoms with E-state index in [-0.39, 0.29) is 23.3 Å². The highest BCUT2D eigenvalue weighted by molar-refractivity contribution is 5.98. The average Bonchev–Trinajstić information content (AvgIpc) is 2.63. The summed E-state index contributed by atoms with van der Waals surface area (Å²) in [6.45, 7) is 1.50. The van der Waals surface area contributed by atoms with Crippen molar-refractivity contribution in [1.82, 2.24) is 20.5 Å². The van der Waals surface area contributed by atoms with Crippen LogP contribution < -0.4 is 10.6 Å². The maximum atomic E-state index is 13.6. The number of rotatable bonds is 8. The number of benzene rings is 1. The van der Waals surface area contributed by atoms with Gasteiger partial charge in [0.05, 0.1) is 0 Å². The Morgan fingerprint density at radius 2 is 1.81 bits per heavy atom. The Morgan fingerprint density at radius 1 is 1.08 bits per heavy atom. The topological polar surface area (TPSA) is 74.3 Å². The molecule has 6 nitrogen and oxygen atoms in total. The molecule has 26 heavy (non-hydrogen) atoms. The van der Waals surface area contributed by atoms with Crippen molar-refractivity contribution < 1.29 is 14.0 Å². The van der Waals surface area contributed by atoms with Gasteiger partial charge < -0.3 is 15.5 Å². The van der Waals surface area contributed by atoms with Crippen LogP contribution in [0.2, 0.25) is 0 Å². The van der Waals surface area contributed by atoms with E-state index in [9.17, 15) is 14.0 Å². The molecule has 2 aromatic rings. The normalized spacial score (nSPS) is 10.6. The van der Waals surface area contributed by atoms with Crippen molar-refractivity contribution in [3.05, 3.63) is 65.2 Å². The third-order valence-corrected chi connectivity index (χ3v) is 3.74. The number of nitrogens with one attached hydrogen (secondary N) is 2. The maximum absolute atomic E-state index is 13.6. The highest BCUT2D eigenvalue weighted by atomic mass is 19.1. The molecule has 0 unspecified atom stereocenters. The molecule has 0 saturated carbocycles. The molecule has 0 aliphatic heterocycles. The van der Waals surface area contributed by atoms with E-state index in [1.54, 1.807) is 18.2 Å². The second-order valence-electron chi connectivity index (χ2n) is 6.09. The quantitative estimate of drug-likeness (QED) is 0.750. The van der Waals surface area contributed by atoms with Gasteiger partial charge in [0.15, 0.2) is 0 Å². The molecule has 0 aliphatic rings. The van der Waals surface area contributed by atoms with Crippen molar-refractivity contribution in [3.63, 3.8) is 0 Å². The number of carbonyl (C=O) groups is 2. The molecule has 0 radical (unpaired) electrons. The Bertz CT molecular complexity index is 765. The second-order valence-corrected chi connectivity index (χ2v) is 6.09. The van der Waals surface area contributed by atoms with Crippen molar-refractivity contribution in [2.75, 3.05) is 33.7 Å². The second kappa shape index (κ2) is 9.62. The Kier molecular flexibility index (Phi) is 7.23. The van der Waals surface area contributed by atoms with Crippen LogP contribution in [0.15, 0.2) is 42.6 Å². The first-order chi connectivity index (χ1) is 12.5. The van der Waals surface area contributed by atoms with E-state index in [0.29, 0.717) is 37.2 Å². The molecule has 0 saturated heterocycles. The Morgan fingerprint density at radius 3 is 2.54 bits per heavy atom. The van der Waals surface area contributed by atoms with E-state index in [1.807, 2.05) is 19.0 Å². The van der Waals surface area contributed by atoms with Crippen molar-refractivity contribution >= 4 is 11.8 Å². The number of halogens is 1. The van der Waals surface area contributed by atoms with E-state index in [0.717, 1.165) is 0 Å². The molecule has 138 valence electrons. The van der Waals surface area contributed by atoms with E-state index >= 15 is 0 Å². The van der Waals surface area contributed by atoms with Gasteiger partial charge in [0, 0.05) is 31.4 Å². The highest BCUT2D eigenvalue weighted by Gasteiger charge is 2.11. The summed E-state index contributed by atoms with van der Waals surface area (Å²) < 4.78 is 13.6. The largest absolute Gasteiger partial charge is 0.352 e. The van der Waals surface area contributed by atoms with E-state index in [4.69, 9.17) is 0 Å². The zero-order valence-corrected chi connectivity index (χ0v) is 15.0. The molecule has 0 spiro atoms. The van der Waals surface area contributed by atoms with Crippen LogP contribution in [0.25, 0.3) is 0 Å². The van der Waals surface area contributed by atoms with Gasteiger partial charge in [-0.1, -0.05) is 18.2 Å². The number of pyridine rings is 1. The van der Waals surface area contributed by atoms with Gasteiger partial charge in [0.1, 0.15) is 11.5 Å². The van der Waals surface area contributed by atoms with Crippen molar-refractivity contribution in [2.45, 2.75) is 6.42 Å². The summed E-state index contributed by atoms with van der Waals surface area (Å²) in [6, 6.07) is 9.44. The van der Waals surface area contributed by atoms with Crippen molar-refractivity contribution in [1.29, 1.82) is 0 Å². The first kappa shape index (κ1) is 19.5. The van der Waals surface area contributed by atoms with Gasteiger partial charge in [0.25, 0.3) is 11.8 Å². The molecule has 0 aliphatic carbocycles. The fourth-order valence-corrected chi connectivity index (χ4v) is 2.29. The van der Waals surface area contributed by atoms with Crippen LogP contribution >= 0.6 is 0 Å². The number of amides is 2. The summed E-state index contributed by atoms with van der Waals surface area (Å²) in [6.07, 6.45) is 1.81. The molecule has 0 fully saturated rings. The molecule has 7 heteroatoms. The molecular formula is C19H23FN4O2. The zero-order chi connectivity index (χ0) is 18.9. The SMILES string of the molecule is CN(C)CCNC(=O)c1cc(C(=O)NCCc2ccccc2F)ccn1. The lowest BCUT2D eigenvalue weighted by molar-refractivity contribution is 0.0946. The lowest BCUT2D eigenvalue weighted by Gasteiger charge is -2.10. The van der Waals surface area contributed by atoms with Crippen LogP contribution in [-0.4, -0.2) is 55.4 Å². The monoisotopic (exact) mass is 358 g/mol. The van der Waals surface area contributed by atoms with E-state index in [2.05, 4.69) is 15.6 Å². The molecule has 2 N–H and O–H groups in total. The van der Waals surface area contributed by atoms with Gasteiger partial charge in [-0.3, -0.25) is 14.6 Å². The first-order valence-corrected chi connectivity index (χ1v) is 8.38. The van der Waals surface area contributed by atoms with Gasteiger partial charge in [-0.15, -0.1) is 0 Å². The molecule has 1 aromatic heterocycles. The summed E-state index contributed by atoms with van der Waals surface area (Å²) in [5, 5.41) is 5.48. The molecule has 1 aromatic carbocycles. The number of likely N-dealkylation sites (N-methyl/N-ethyl adjacent to an activating group) is 1. The third kappa shape index (κ3) is 5.93. The third-order valence-electron chi connectivity index (χ3n) is 3.74. The van der Waals surface area contributed by atoms with Gasteiger partial charge in [0.2, 0.25) is 0 Å². The van der Waals surface area contributed by atoms with Crippen LogP contribution in [0.3, 0.4) is 0 Å².